The highest BCUT2D eigenvalue weighted by Gasteiger charge is 2.27. The van der Waals surface area contributed by atoms with Crippen molar-refractivity contribution in [3.8, 4) is 0 Å². The average Bonchev–Trinajstić information content (AvgIpc) is 3.00. The van der Waals surface area contributed by atoms with Crippen molar-refractivity contribution in [2.24, 2.45) is 0 Å². The smallest absolute Gasteiger partial charge is 0.132 e. The van der Waals surface area contributed by atoms with Gasteiger partial charge in [-0.05, 0) is 25.8 Å². The lowest BCUT2D eigenvalue weighted by atomic mass is 10.1. The van der Waals surface area contributed by atoms with Gasteiger partial charge in [0.2, 0.25) is 0 Å². The van der Waals surface area contributed by atoms with Crippen molar-refractivity contribution in [3.63, 3.8) is 0 Å². The molecule has 5 heteroatoms. The Morgan fingerprint density at radius 1 is 1.41 bits per heavy atom. The number of hydrogen-bond donors (Lipinski definition) is 1. The normalized spacial score (nSPS) is 19.8. The van der Waals surface area contributed by atoms with Crippen LogP contribution in [-0.4, -0.2) is 26.7 Å². The first-order valence-electron chi connectivity index (χ1n) is 5.89. The number of aromatic nitrogens is 4. The van der Waals surface area contributed by atoms with E-state index < -0.39 is 0 Å². The first-order valence-corrected chi connectivity index (χ1v) is 5.89. The summed E-state index contributed by atoms with van der Waals surface area (Å²) in [7, 11) is 0. The first kappa shape index (κ1) is 10.3. The molecule has 0 radical (unpaired) electrons. The summed E-state index contributed by atoms with van der Waals surface area (Å²) in [4.78, 5) is 10.8. The number of hydrogen-bond acceptors (Lipinski definition) is 4. The molecule has 2 aromatic rings. The van der Waals surface area contributed by atoms with Crippen LogP contribution in [-0.2, 0) is 0 Å². The maximum atomic E-state index is 4.36. The second kappa shape index (κ2) is 4.16. The summed E-state index contributed by atoms with van der Waals surface area (Å²) in [6, 6.07) is 4.44. The second-order valence-corrected chi connectivity index (χ2v) is 4.38. The third-order valence-corrected chi connectivity index (χ3v) is 3.22. The Morgan fingerprint density at radius 2 is 2.35 bits per heavy atom. The predicted octanol–water partition coefficient (Wildman–Crippen LogP) is 1.85. The largest absolute Gasteiger partial charge is 0.348 e. The maximum absolute atomic E-state index is 4.36. The molecule has 1 N–H and O–H groups in total. The minimum atomic E-state index is 0.367. The third-order valence-electron chi connectivity index (χ3n) is 3.22. The van der Waals surface area contributed by atoms with Gasteiger partial charge >= 0.3 is 0 Å². The summed E-state index contributed by atoms with van der Waals surface area (Å²) in [5, 5.41) is 7.09. The number of anilines is 1. The van der Waals surface area contributed by atoms with Crippen LogP contribution in [0, 0.1) is 6.92 Å². The Kier molecular flexibility index (Phi) is 2.51. The van der Waals surface area contributed by atoms with Crippen molar-refractivity contribution in [1.82, 2.24) is 20.2 Å². The molecule has 3 rings (SSSR count). The molecule has 0 aliphatic carbocycles. The van der Waals surface area contributed by atoms with E-state index in [2.05, 4.69) is 25.1 Å². The summed E-state index contributed by atoms with van der Waals surface area (Å²) < 4.78 is 0. The molecular formula is C12H15N5. The molecule has 2 aromatic heterocycles. The third kappa shape index (κ3) is 1.88. The van der Waals surface area contributed by atoms with Crippen molar-refractivity contribution < 1.29 is 0 Å². The number of H-pyrrole nitrogens is 1. The standard InChI is InChI=1S/C12H15N5/c1-9-7-12(14-8-13-9)17-6-2-3-11(17)10-4-5-15-16-10/h4-5,7-8,11H,2-3,6H2,1H3,(H,15,16)/t11-/m1/s1. The van der Waals surface area contributed by atoms with Gasteiger partial charge in [0, 0.05) is 24.5 Å². The number of nitrogens with zero attached hydrogens (tertiary/aromatic N) is 4. The highest BCUT2D eigenvalue weighted by Crippen LogP contribution is 2.33. The highest BCUT2D eigenvalue weighted by molar-refractivity contribution is 5.43. The van der Waals surface area contributed by atoms with Crippen LogP contribution in [0.5, 0.6) is 0 Å². The van der Waals surface area contributed by atoms with Gasteiger partial charge in [-0.1, -0.05) is 0 Å². The molecule has 1 atom stereocenters. The molecule has 0 spiro atoms. The molecular weight excluding hydrogens is 214 g/mol. The van der Waals surface area contributed by atoms with Gasteiger partial charge in [-0.25, -0.2) is 9.97 Å². The van der Waals surface area contributed by atoms with Crippen molar-refractivity contribution >= 4 is 5.82 Å². The van der Waals surface area contributed by atoms with Crippen molar-refractivity contribution in [2.75, 3.05) is 11.4 Å². The lowest BCUT2D eigenvalue weighted by Crippen LogP contribution is -2.24. The molecule has 3 heterocycles. The molecule has 17 heavy (non-hydrogen) atoms. The molecule has 1 aliphatic heterocycles. The van der Waals surface area contributed by atoms with Gasteiger partial charge in [0.15, 0.2) is 0 Å². The van der Waals surface area contributed by atoms with Gasteiger partial charge < -0.3 is 4.90 Å². The quantitative estimate of drug-likeness (QED) is 0.853. The molecule has 0 saturated carbocycles. The van der Waals surface area contributed by atoms with Crippen LogP contribution in [0.3, 0.4) is 0 Å². The number of aromatic amines is 1. The number of aryl methyl sites for hydroxylation is 1. The van der Waals surface area contributed by atoms with E-state index in [-0.39, 0.29) is 0 Å². The minimum Gasteiger partial charge on any atom is -0.348 e. The molecule has 88 valence electrons. The zero-order chi connectivity index (χ0) is 11.7. The average molecular weight is 229 g/mol. The van der Waals surface area contributed by atoms with Crippen molar-refractivity contribution in [1.29, 1.82) is 0 Å². The van der Waals surface area contributed by atoms with Crippen LogP contribution in [0.25, 0.3) is 0 Å². The van der Waals surface area contributed by atoms with Crippen molar-refractivity contribution in [2.45, 2.75) is 25.8 Å². The van der Waals surface area contributed by atoms with Crippen molar-refractivity contribution in [3.05, 3.63) is 36.0 Å². The summed E-state index contributed by atoms with van der Waals surface area (Å²) in [6.45, 7) is 3.03. The SMILES string of the molecule is Cc1cc(N2CCC[C@@H]2c2ccn[nH]2)ncn1. The Morgan fingerprint density at radius 3 is 3.12 bits per heavy atom. The van der Waals surface area contributed by atoms with Crippen LogP contribution in [0.2, 0.25) is 0 Å². The van der Waals surface area contributed by atoms with Gasteiger partial charge in [-0.3, -0.25) is 5.10 Å². The monoisotopic (exact) mass is 229 g/mol. The van der Waals surface area contributed by atoms with Gasteiger partial charge in [0.1, 0.15) is 12.1 Å². The van der Waals surface area contributed by atoms with Crippen LogP contribution in [0.15, 0.2) is 24.7 Å². The highest BCUT2D eigenvalue weighted by atomic mass is 15.3. The zero-order valence-corrected chi connectivity index (χ0v) is 9.80. The minimum absolute atomic E-state index is 0.367. The summed E-state index contributed by atoms with van der Waals surface area (Å²) in [5.74, 6) is 1.01. The Bertz CT molecular complexity index is 493. The van der Waals surface area contributed by atoms with Crippen LogP contribution < -0.4 is 4.90 Å². The number of nitrogens with one attached hydrogen (secondary N) is 1. The Hall–Kier alpha value is -1.91. The predicted molar refractivity (Wildman–Crippen MR) is 64.7 cm³/mol. The lowest BCUT2D eigenvalue weighted by molar-refractivity contribution is 0.682. The zero-order valence-electron chi connectivity index (χ0n) is 9.80. The van der Waals surface area contributed by atoms with Crippen LogP contribution in [0.1, 0.15) is 30.3 Å². The van der Waals surface area contributed by atoms with E-state index in [0.717, 1.165) is 24.5 Å². The molecule has 0 bridgehead atoms. The van der Waals surface area contributed by atoms with E-state index in [1.807, 2.05) is 19.1 Å². The summed E-state index contributed by atoms with van der Waals surface area (Å²) in [5.41, 5.74) is 2.17. The van der Waals surface area contributed by atoms with E-state index in [4.69, 9.17) is 0 Å². The molecule has 1 aliphatic rings. The summed E-state index contributed by atoms with van der Waals surface area (Å²) >= 11 is 0. The van der Waals surface area contributed by atoms with E-state index in [1.54, 1.807) is 12.5 Å². The van der Waals surface area contributed by atoms with Gasteiger partial charge in [0.05, 0.1) is 11.7 Å². The number of rotatable bonds is 2. The molecule has 1 fully saturated rings. The van der Waals surface area contributed by atoms with E-state index >= 15 is 0 Å². The fourth-order valence-electron chi connectivity index (χ4n) is 2.41. The van der Waals surface area contributed by atoms with Crippen LogP contribution >= 0.6 is 0 Å². The van der Waals surface area contributed by atoms with E-state index in [9.17, 15) is 0 Å². The molecule has 0 unspecified atom stereocenters. The van der Waals surface area contributed by atoms with E-state index in [0.29, 0.717) is 6.04 Å². The maximum Gasteiger partial charge on any atom is 0.132 e. The van der Waals surface area contributed by atoms with Gasteiger partial charge in [-0.15, -0.1) is 0 Å². The molecule has 1 saturated heterocycles. The molecule has 5 nitrogen and oxygen atoms in total. The van der Waals surface area contributed by atoms with Crippen LogP contribution in [0.4, 0.5) is 5.82 Å². The van der Waals surface area contributed by atoms with Gasteiger partial charge in [-0.2, -0.15) is 5.10 Å². The summed E-state index contributed by atoms with van der Waals surface area (Å²) in [6.07, 6.45) is 5.77. The molecule has 0 aromatic carbocycles. The van der Waals surface area contributed by atoms with E-state index in [1.165, 1.54) is 12.1 Å². The molecule has 0 amide bonds. The lowest BCUT2D eigenvalue weighted by Gasteiger charge is -2.24. The van der Waals surface area contributed by atoms with Gasteiger partial charge in [0.25, 0.3) is 0 Å². The Balaban J connectivity index is 1.92. The second-order valence-electron chi connectivity index (χ2n) is 4.38. The fraction of sp³-hybridized carbons (Fsp3) is 0.417. The first-order chi connectivity index (χ1) is 8.34. The fourth-order valence-corrected chi connectivity index (χ4v) is 2.41. The Labute approximate surface area is 99.9 Å². The topological polar surface area (TPSA) is 57.7 Å².